The highest BCUT2D eigenvalue weighted by Crippen LogP contribution is 2.10. The van der Waals surface area contributed by atoms with E-state index >= 15 is 0 Å². The minimum atomic E-state index is -1.75. The summed E-state index contributed by atoms with van der Waals surface area (Å²) < 4.78 is 5.74. The Labute approximate surface area is 106 Å². The quantitative estimate of drug-likeness (QED) is 0.553. The van der Waals surface area contributed by atoms with E-state index in [0.29, 0.717) is 19.3 Å². The molecule has 96 valence electrons. The predicted molar refractivity (Wildman–Crippen MR) is 74.9 cm³/mol. The highest BCUT2D eigenvalue weighted by Gasteiger charge is 2.23. The monoisotopic (exact) mass is 281 g/mol. The first-order chi connectivity index (χ1) is 7.01. The molecule has 0 aliphatic rings. The largest absolute Gasteiger partial charge is 0.416 e. The van der Waals surface area contributed by atoms with Crippen LogP contribution in [0.15, 0.2) is 0 Å². The molecule has 0 N–H and O–H groups in total. The molecule has 0 spiro atoms. The standard InChI is InChI=1S/C10H24ClNO2Si2/c1-10(13)12(9-16(5,6)11)7-8-14-15(2,3)4/h7-9H2,1-6H3. The second kappa shape index (κ2) is 6.19. The Morgan fingerprint density at radius 2 is 1.75 bits per heavy atom. The summed E-state index contributed by atoms with van der Waals surface area (Å²) in [7, 11) is -3.22. The van der Waals surface area contributed by atoms with Crippen LogP contribution in [0.1, 0.15) is 6.92 Å². The van der Waals surface area contributed by atoms with Crippen molar-refractivity contribution in [1.82, 2.24) is 4.90 Å². The Hall–Kier alpha value is 0.154. The van der Waals surface area contributed by atoms with E-state index < -0.39 is 15.7 Å². The lowest BCUT2D eigenvalue weighted by Gasteiger charge is -2.27. The number of nitrogens with zero attached hydrogens (tertiary/aromatic N) is 1. The summed E-state index contributed by atoms with van der Waals surface area (Å²) in [6, 6.07) is 0. The molecule has 0 heterocycles. The molecule has 0 bridgehead atoms. The molecule has 6 heteroatoms. The molecule has 0 aliphatic heterocycles. The zero-order valence-corrected chi connectivity index (χ0v) is 14.0. The van der Waals surface area contributed by atoms with E-state index in [2.05, 4.69) is 19.6 Å². The van der Waals surface area contributed by atoms with Crippen molar-refractivity contribution in [2.45, 2.75) is 39.7 Å². The fourth-order valence-corrected chi connectivity index (χ4v) is 3.69. The van der Waals surface area contributed by atoms with E-state index in [9.17, 15) is 4.79 Å². The van der Waals surface area contributed by atoms with Crippen LogP contribution in [-0.2, 0) is 9.22 Å². The van der Waals surface area contributed by atoms with E-state index in [1.54, 1.807) is 11.8 Å². The van der Waals surface area contributed by atoms with Gasteiger partial charge in [-0.05, 0) is 19.6 Å². The molecule has 0 unspecified atom stereocenters. The number of rotatable bonds is 6. The van der Waals surface area contributed by atoms with Gasteiger partial charge in [-0.25, -0.2) is 0 Å². The smallest absolute Gasteiger partial charge is 0.219 e. The van der Waals surface area contributed by atoms with E-state index in [1.165, 1.54) is 0 Å². The molecule has 0 fully saturated rings. The summed E-state index contributed by atoms with van der Waals surface area (Å²) in [6.45, 7) is 13.4. The number of hydrogen-bond donors (Lipinski definition) is 0. The first-order valence-corrected chi connectivity index (χ1v) is 13.2. The molecule has 0 rings (SSSR count). The van der Waals surface area contributed by atoms with Crippen molar-refractivity contribution in [3.8, 4) is 0 Å². The lowest BCUT2D eigenvalue weighted by molar-refractivity contribution is -0.128. The van der Waals surface area contributed by atoms with Crippen LogP contribution in [0.3, 0.4) is 0 Å². The second-order valence-corrected chi connectivity index (χ2v) is 17.0. The third-order valence-corrected chi connectivity index (χ3v) is 4.47. The Balaban J connectivity index is 4.11. The van der Waals surface area contributed by atoms with Crippen LogP contribution >= 0.6 is 11.1 Å². The average molecular weight is 282 g/mol. The molecule has 16 heavy (non-hydrogen) atoms. The van der Waals surface area contributed by atoms with Crippen molar-refractivity contribution in [1.29, 1.82) is 0 Å². The normalized spacial score (nSPS) is 12.7. The lowest BCUT2D eigenvalue weighted by Crippen LogP contribution is -2.43. The van der Waals surface area contributed by atoms with Crippen molar-refractivity contribution < 1.29 is 9.22 Å². The topological polar surface area (TPSA) is 29.5 Å². The average Bonchev–Trinajstić information content (AvgIpc) is 1.97. The van der Waals surface area contributed by atoms with Gasteiger partial charge in [0, 0.05) is 19.6 Å². The Morgan fingerprint density at radius 1 is 1.25 bits per heavy atom. The first kappa shape index (κ1) is 16.2. The van der Waals surface area contributed by atoms with Gasteiger partial charge in [-0.15, -0.1) is 0 Å². The molecule has 0 aromatic carbocycles. The van der Waals surface area contributed by atoms with Crippen LogP contribution in [0.25, 0.3) is 0 Å². The molecule has 0 aliphatic carbocycles. The molecular formula is C10H24ClNO2Si2. The van der Waals surface area contributed by atoms with Crippen molar-refractivity contribution in [3.05, 3.63) is 0 Å². The van der Waals surface area contributed by atoms with Gasteiger partial charge in [-0.1, -0.05) is 13.1 Å². The van der Waals surface area contributed by atoms with Crippen molar-refractivity contribution in [2.75, 3.05) is 19.3 Å². The third-order valence-electron chi connectivity index (χ3n) is 1.91. The van der Waals surface area contributed by atoms with Gasteiger partial charge in [0.25, 0.3) is 0 Å². The highest BCUT2D eigenvalue weighted by molar-refractivity contribution is 7.19. The zero-order chi connectivity index (χ0) is 13.0. The molecule has 0 aromatic rings. The number of carbonyl (C=O) groups is 1. The minimum Gasteiger partial charge on any atom is -0.416 e. The molecule has 0 atom stereocenters. The van der Waals surface area contributed by atoms with Crippen molar-refractivity contribution in [2.24, 2.45) is 0 Å². The second-order valence-electron chi connectivity index (χ2n) is 5.62. The van der Waals surface area contributed by atoms with Gasteiger partial charge >= 0.3 is 0 Å². The number of halogens is 1. The molecule has 0 aromatic heterocycles. The number of amides is 1. The van der Waals surface area contributed by atoms with Crippen molar-refractivity contribution in [3.63, 3.8) is 0 Å². The number of hydrogen-bond acceptors (Lipinski definition) is 2. The lowest BCUT2D eigenvalue weighted by atomic mass is 10.5. The van der Waals surface area contributed by atoms with Crippen LogP contribution in [-0.4, -0.2) is 45.8 Å². The summed E-state index contributed by atoms with van der Waals surface area (Å²) >= 11 is 6.25. The summed E-state index contributed by atoms with van der Waals surface area (Å²) in [5.41, 5.74) is 0. The van der Waals surface area contributed by atoms with Gasteiger partial charge in [0.05, 0.1) is 6.61 Å². The van der Waals surface area contributed by atoms with E-state index in [0.717, 1.165) is 0 Å². The maximum Gasteiger partial charge on any atom is 0.219 e. The number of carbonyl (C=O) groups excluding carboxylic acids is 1. The minimum absolute atomic E-state index is 0.0837. The highest BCUT2D eigenvalue weighted by atomic mass is 35.6. The van der Waals surface area contributed by atoms with Gasteiger partial charge in [0.15, 0.2) is 15.7 Å². The van der Waals surface area contributed by atoms with Gasteiger partial charge in [-0.2, -0.15) is 11.1 Å². The molecule has 1 amide bonds. The molecular weight excluding hydrogens is 258 g/mol. The summed E-state index contributed by atoms with van der Waals surface area (Å²) in [5.74, 6) is 0.0837. The molecule has 0 radical (unpaired) electrons. The van der Waals surface area contributed by atoms with Gasteiger partial charge in [0.2, 0.25) is 5.91 Å². The molecule has 0 saturated carbocycles. The fraction of sp³-hybridized carbons (Fsp3) is 0.900. The van der Waals surface area contributed by atoms with Crippen molar-refractivity contribution >= 4 is 32.7 Å². The SMILES string of the molecule is CC(=O)N(CCO[Si](C)(C)C)C[Si](C)(C)Cl. The van der Waals surface area contributed by atoms with Crippen LogP contribution in [0.4, 0.5) is 0 Å². The maximum absolute atomic E-state index is 11.4. The fourth-order valence-electron chi connectivity index (χ4n) is 1.26. The van der Waals surface area contributed by atoms with Crippen LogP contribution in [0.2, 0.25) is 32.7 Å². The molecule has 0 saturated heterocycles. The Kier molecular flexibility index (Phi) is 6.24. The van der Waals surface area contributed by atoms with E-state index in [-0.39, 0.29) is 5.91 Å². The molecule has 3 nitrogen and oxygen atoms in total. The zero-order valence-electron chi connectivity index (χ0n) is 11.3. The first-order valence-electron chi connectivity index (χ1n) is 5.60. The Bertz CT molecular complexity index is 236. The Morgan fingerprint density at radius 3 is 2.06 bits per heavy atom. The third kappa shape index (κ3) is 9.38. The van der Waals surface area contributed by atoms with Gasteiger partial charge in [0.1, 0.15) is 0 Å². The summed E-state index contributed by atoms with van der Waals surface area (Å²) in [5, 5.41) is 0. The van der Waals surface area contributed by atoms with E-state index in [1.807, 2.05) is 13.1 Å². The summed E-state index contributed by atoms with van der Waals surface area (Å²) in [4.78, 5) is 13.2. The van der Waals surface area contributed by atoms with Crippen LogP contribution in [0.5, 0.6) is 0 Å². The van der Waals surface area contributed by atoms with Crippen LogP contribution < -0.4 is 0 Å². The van der Waals surface area contributed by atoms with Crippen LogP contribution in [0, 0.1) is 0 Å². The summed E-state index contributed by atoms with van der Waals surface area (Å²) in [6.07, 6.45) is 0.693. The maximum atomic E-state index is 11.4. The predicted octanol–water partition coefficient (Wildman–Crippen LogP) is 2.67. The van der Waals surface area contributed by atoms with Gasteiger partial charge < -0.3 is 9.33 Å². The van der Waals surface area contributed by atoms with E-state index in [4.69, 9.17) is 15.5 Å². The van der Waals surface area contributed by atoms with Gasteiger partial charge in [-0.3, -0.25) is 4.79 Å².